The summed E-state index contributed by atoms with van der Waals surface area (Å²) < 4.78 is 35.3. The molecule has 2 aromatic heterocycles. The zero-order valence-electron chi connectivity index (χ0n) is 21.5. The van der Waals surface area contributed by atoms with Crippen molar-refractivity contribution < 1.29 is 18.6 Å². The van der Waals surface area contributed by atoms with Gasteiger partial charge >= 0.3 is 0 Å². The van der Waals surface area contributed by atoms with Gasteiger partial charge in [-0.2, -0.15) is 4.98 Å². The fraction of sp³-hybridized carbons (Fsp3) is 0.552. The molecule has 10 rings (SSSR count). The smallest absolute Gasteiger partial charge is 0.296 e. The number of anilines is 1. The first-order valence-corrected chi connectivity index (χ1v) is 14.1. The quantitative estimate of drug-likeness (QED) is 0.368. The van der Waals surface area contributed by atoms with Gasteiger partial charge in [0.2, 0.25) is 5.95 Å². The van der Waals surface area contributed by atoms with Crippen LogP contribution in [0.25, 0.3) is 17.0 Å². The van der Waals surface area contributed by atoms with Crippen molar-refractivity contribution in [1.82, 2.24) is 24.8 Å². The number of nitrogens with zero attached hydrogens (tertiary/aromatic N) is 5. The molecule has 4 unspecified atom stereocenters. The number of aliphatic hydroxyl groups is 1. The Balaban J connectivity index is 1.08. The maximum absolute atomic E-state index is 14.2. The average molecular weight is 533 g/mol. The Kier molecular flexibility index (Phi) is 4.46. The minimum atomic E-state index is -2.76. The van der Waals surface area contributed by atoms with Crippen LogP contribution in [0.5, 0.6) is 0 Å². The molecule has 4 bridgehead atoms. The third kappa shape index (κ3) is 3.16. The van der Waals surface area contributed by atoms with E-state index in [9.17, 15) is 13.9 Å². The minimum absolute atomic E-state index is 0.0487. The molecule has 6 atom stereocenters. The van der Waals surface area contributed by atoms with Crippen molar-refractivity contribution in [3.05, 3.63) is 53.0 Å². The van der Waals surface area contributed by atoms with E-state index in [0.29, 0.717) is 49.2 Å². The zero-order chi connectivity index (χ0) is 26.1. The van der Waals surface area contributed by atoms with Gasteiger partial charge in [-0.25, -0.2) is 18.7 Å². The van der Waals surface area contributed by atoms with E-state index in [1.807, 2.05) is 12.1 Å². The van der Waals surface area contributed by atoms with Crippen molar-refractivity contribution in [1.29, 1.82) is 0 Å². The maximum Gasteiger partial charge on any atom is 0.296 e. The molecule has 0 amide bonds. The molecular formula is C29H30F2N6O2. The second-order valence-electron chi connectivity index (χ2n) is 12.4. The number of imidazole rings is 1. The largest absolute Gasteiger partial charge is 0.390 e. The number of halogens is 2. The van der Waals surface area contributed by atoms with Gasteiger partial charge in [0.1, 0.15) is 5.82 Å². The van der Waals surface area contributed by atoms with Crippen LogP contribution in [0.15, 0.2) is 41.5 Å². The fourth-order valence-electron chi connectivity index (χ4n) is 8.77. The summed E-state index contributed by atoms with van der Waals surface area (Å²) >= 11 is 0. The molecular weight excluding hydrogens is 502 g/mol. The monoisotopic (exact) mass is 532 g/mol. The van der Waals surface area contributed by atoms with E-state index < -0.39 is 12.0 Å². The van der Waals surface area contributed by atoms with Gasteiger partial charge < -0.3 is 20.1 Å². The lowest BCUT2D eigenvalue weighted by Crippen LogP contribution is -2.43. The molecule has 1 aromatic carbocycles. The molecule has 7 aliphatic rings. The number of rotatable bonds is 6. The summed E-state index contributed by atoms with van der Waals surface area (Å²) in [6.45, 7) is 2.58. The number of alkyl halides is 2. The van der Waals surface area contributed by atoms with Crippen molar-refractivity contribution in [2.24, 2.45) is 17.3 Å². The van der Waals surface area contributed by atoms with Crippen molar-refractivity contribution in [2.45, 2.75) is 56.2 Å². The summed E-state index contributed by atoms with van der Waals surface area (Å²) in [5.74, 6) is 1.77. The Hall–Kier alpha value is -2.95. The molecule has 8 nitrogen and oxygen atoms in total. The van der Waals surface area contributed by atoms with Crippen LogP contribution in [0.2, 0.25) is 0 Å². The van der Waals surface area contributed by atoms with Gasteiger partial charge in [0.25, 0.3) is 6.43 Å². The van der Waals surface area contributed by atoms with Gasteiger partial charge in [0.05, 0.1) is 41.6 Å². The first kappa shape index (κ1) is 22.8. The highest BCUT2D eigenvalue weighted by atomic mass is 19.3. The topological polar surface area (TPSA) is 98.2 Å². The number of fused-ring (bicyclic) bond motifs is 1. The molecule has 0 spiro atoms. The second-order valence-corrected chi connectivity index (χ2v) is 12.4. The Morgan fingerprint density at radius 2 is 1.97 bits per heavy atom. The Morgan fingerprint density at radius 3 is 2.79 bits per heavy atom. The van der Waals surface area contributed by atoms with Gasteiger partial charge in [-0.3, -0.25) is 4.57 Å². The standard InChI is InChI=1S/C29H30F2N6O2/c30-25(31)26-33-18-3-1-2-4-21(18)37(26)27-34-19(10-22(35-27)36-5-7-39-8-6-36)24-20(32-24)14-29-16-9-15-11-28(38,12-16)13-17(29)23(15)29/h1-4,10,15-16,20,24-25,32,38H,5-9,11-14H2/t15?,16-,20?,24?,28-,29?/m1/s1. The fourth-order valence-corrected chi connectivity index (χ4v) is 8.77. The number of hydrogen-bond donors (Lipinski definition) is 2. The van der Waals surface area contributed by atoms with Crippen LogP contribution in [-0.4, -0.2) is 62.6 Å². The number of morpholine rings is 1. The lowest BCUT2D eigenvalue weighted by Gasteiger charge is -2.45. The molecule has 2 N–H and O–H groups in total. The molecule has 5 fully saturated rings. The van der Waals surface area contributed by atoms with Crippen LogP contribution in [0.3, 0.4) is 0 Å². The SMILES string of the molecule is O[C@@]12CC3=C4C(C[C@H](C1)C34CC1NC1c1cc(N3CCOCC3)nc(-n3c(C(F)F)nc4ccccc43)n1)C2. The van der Waals surface area contributed by atoms with Gasteiger partial charge in [-0.1, -0.05) is 23.3 Å². The minimum Gasteiger partial charge on any atom is -0.390 e. The number of para-hydroxylation sites is 2. The number of aromatic nitrogens is 4. The van der Waals surface area contributed by atoms with E-state index in [2.05, 4.69) is 15.2 Å². The van der Waals surface area contributed by atoms with E-state index in [1.54, 1.807) is 29.3 Å². The summed E-state index contributed by atoms with van der Waals surface area (Å²) in [6.07, 6.45) is 2.23. The normalized spacial score (nSPS) is 35.9. The van der Waals surface area contributed by atoms with Gasteiger partial charge in [0, 0.05) is 30.6 Å². The number of benzene rings is 1. The molecule has 3 aromatic rings. The predicted octanol–water partition coefficient (Wildman–Crippen LogP) is 3.85. The summed E-state index contributed by atoms with van der Waals surface area (Å²) in [5.41, 5.74) is 4.85. The number of nitrogens with one attached hydrogen (secondary N) is 1. The lowest BCUT2D eigenvalue weighted by molar-refractivity contribution is -0.0477. The highest BCUT2D eigenvalue weighted by Crippen LogP contribution is 2.80. The average Bonchev–Trinajstić information content (AvgIpc) is 3.77. The molecule has 5 aliphatic carbocycles. The number of hydrogen-bond acceptors (Lipinski definition) is 7. The van der Waals surface area contributed by atoms with E-state index in [1.165, 1.54) is 11.0 Å². The van der Waals surface area contributed by atoms with E-state index in [4.69, 9.17) is 14.7 Å². The van der Waals surface area contributed by atoms with Crippen molar-refractivity contribution in [3.63, 3.8) is 0 Å². The van der Waals surface area contributed by atoms with Crippen molar-refractivity contribution >= 4 is 16.9 Å². The number of allylic oxidation sites excluding steroid dienone is 1. The first-order chi connectivity index (χ1) is 18.9. The highest BCUT2D eigenvalue weighted by molar-refractivity contribution is 5.77. The molecule has 0 radical (unpaired) electrons. The molecule has 202 valence electrons. The molecule has 39 heavy (non-hydrogen) atoms. The molecule has 3 saturated carbocycles. The van der Waals surface area contributed by atoms with Crippen LogP contribution in [0.4, 0.5) is 14.6 Å². The van der Waals surface area contributed by atoms with Crippen LogP contribution < -0.4 is 10.2 Å². The Bertz CT molecular complexity index is 1570. The third-order valence-electron chi connectivity index (χ3n) is 10.3. The maximum atomic E-state index is 14.2. The highest BCUT2D eigenvalue weighted by Gasteiger charge is 2.74. The second kappa shape index (κ2) is 7.62. The van der Waals surface area contributed by atoms with E-state index >= 15 is 0 Å². The van der Waals surface area contributed by atoms with Crippen molar-refractivity contribution in [3.8, 4) is 5.95 Å². The van der Waals surface area contributed by atoms with Gasteiger partial charge in [-0.15, -0.1) is 0 Å². The van der Waals surface area contributed by atoms with Crippen LogP contribution >= 0.6 is 0 Å². The molecule has 2 aliphatic heterocycles. The first-order valence-electron chi connectivity index (χ1n) is 14.1. The molecule has 2 saturated heterocycles. The van der Waals surface area contributed by atoms with Crippen LogP contribution in [-0.2, 0) is 4.74 Å². The van der Waals surface area contributed by atoms with Crippen LogP contribution in [0.1, 0.15) is 56.1 Å². The number of ether oxygens (including phenoxy) is 1. The summed E-state index contributed by atoms with van der Waals surface area (Å²) in [6, 6.07) is 9.49. The van der Waals surface area contributed by atoms with E-state index in [-0.39, 0.29) is 29.3 Å². The Labute approximate surface area is 224 Å². The van der Waals surface area contributed by atoms with Gasteiger partial charge in [0.15, 0.2) is 5.82 Å². The Morgan fingerprint density at radius 1 is 1.13 bits per heavy atom. The molecule has 10 heteroatoms. The molecule has 4 heterocycles. The zero-order valence-corrected chi connectivity index (χ0v) is 21.5. The summed E-state index contributed by atoms with van der Waals surface area (Å²) in [4.78, 5) is 16.1. The van der Waals surface area contributed by atoms with Crippen LogP contribution in [0, 0.1) is 17.3 Å². The third-order valence-corrected chi connectivity index (χ3v) is 10.3. The summed E-state index contributed by atoms with van der Waals surface area (Å²) in [5, 5.41) is 14.7. The summed E-state index contributed by atoms with van der Waals surface area (Å²) in [7, 11) is 0. The lowest BCUT2D eigenvalue weighted by atomic mass is 9.63. The van der Waals surface area contributed by atoms with E-state index in [0.717, 1.165) is 37.2 Å². The predicted molar refractivity (Wildman–Crippen MR) is 139 cm³/mol. The van der Waals surface area contributed by atoms with Crippen molar-refractivity contribution in [2.75, 3.05) is 31.2 Å². The van der Waals surface area contributed by atoms with Gasteiger partial charge in [-0.05, 0) is 56.1 Å².